The number of ether oxygens (including phenoxy) is 2. The Labute approximate surface area is 103 Å². The van der Waals surface area contributed by atoms with Gasteiger partial charge in [-0.05, 0) is 51.9 Å². The minimum absolute atomic E-state index is 0.0722. The zero-order valence-corrected chi connectivity index (χ0v) is 10.6. The van der Waals surface area contributed by atoms with Crippen LogP contribution in [-0.4, -0.2) is 30.2 Å². The second-order valence-electron chi connectivity index (χ2n) is 5.99. The Balaban J connectivity index is 1.61. The van der Waals surface area contributed by atoms with Crippen molar-refractivity contribution in [3.63, 3.8) is 0 Å². The van der Waals surface area contributed by atoms with E-state index in [1.54, 1.807) is 0 Å². The number of hydrogen-bond donors (Lipinski definition) is 0. The summed E-state index contributed by atoms with van der Waals surface area (Å²) in [4.78, 5) is 12.4. The van der Waals surface area contributed by atoms with Gasteiger partial charge in [0.25, 0.3) is 0 Å². The maximum Gasteiger partial charge on any atom is 0.164 e. The van der Waals surface area contributed by atoms with Crippen LogP contribution in [0.15, 0.2) is 0 Å². The molecule has 1 aliphatic carbocycles. The minimum atomic E-state index is -0.120. The first-order valence-electron chi connectivity index (χ1n) is 7.02. The van der Waals surface area contributed by atoms with Gasteiger partial charge in [-0.15, -0.1) is 0 Å². The van der Waals surface area contributed by atoms with Crippen LogP contribution >= 0.6 is 0 Å². The highest BCUT2D eigenvalue weighted by atomic mass is 16.5. The normalized spacial score (nSPS) is 40.2. The van der Waals surface area contributed by atoms with Crippen molar-refractivity contribution >= 4 is 5.78 Å². The maximum absolute atomic E-state index is 12.4. The predicted octanol–water partition coefficient (Wildman–Crippen LogP) is 2.47. The molecule has 3 heteroatoms. The van der Waals surface area contributed by atoms with Crippen LogP contribution in [0.1, 0.15) is 51.9 Å². The Morgan fingerprint density at radius 3 is 2.65 bits per heavy atom. The molecule has 0 amide bonds. The molecule has 2 saturated heterocycles. The fourth-order valence-electron chi connectivity index (χ4n) is 3.46. The third-order valence-electron chi connectivity index (χ3n) is 4.71. The Kier molecular flexibility index (Phi) is 2.99. The van der Waals surface area contributed by atoms with E-state index in [0.29, 0.717) is 5.78 Å². The number of Topliss-reactive ketones (excluding diaryl/α,β-unsaturated/α-hetero) is 1. The maximum atomic E-state index is 12.4. The van der Waals surface area contributed by atoms with Crippen LogP contribution in [0.4, 0.5) is 0 Å². The topological polar surface area (TPSA) is 35.5 Å². The van der Waals surface area contributed by atoms with Crippen LogP contribution in [0.5, 0.6) is 0 Å². The summed E-state index contributed by atoms with van der Waals surface area (Å²) in [7, 11) is 0. The molecule has 0 radical (unpaired) electrons. The van der Waals surface area contributed by atoms with Crippen LogP contribution in [0, 0.1) is 5.92 Å². The lowest BCUT2D eigenvalue weighted by molar-refractivity contribution is -0.161. The molecule has 0 aromatic heterocycles. The van der Waals surface area contributed by atoms with Crippen LogP contribution < -0.4 is 0 Å². The molecule has 3 unspecified atom stereocenters. The average Bonchev–Trinajstić information content (AvgIpc) is 2.73. The van der Waals surface area contributed by atoms with Crippen molar-refractivity contribution < 1.29 is 14.3 Å². The molecule has 3 atom stereocenters. The van der Waals surface area contributed by atoms with Crippen molar-refractivity contribution in [1.29, 1.82) is 0 Å². The van der Waals surface area contributed by atoms with Gasteiger partial charge in [-0.1, -0.05) is 0 Å². The molecule has 0 bridgehead atoms. The summed E-state index contributed by atoms with van der Waals surface area (Å²) in [6, 6.07) is 0. The molecule has 3 rings (SSSR count). The van der Waals surface area contributed by atoms with Crippen molar-refractivity contribution in [1.82, 2.24) is 0 Å². The smallest absolute Gasteiger partial charge is 0.164 e. The molecule has 3 fully saturated rings. The molecule has 1 spiro atoms. The standard InChI is InChI=1S/C14H22O3/c1-10-3-4-12(17-10)13(15)11-5-8-16-14(9-11)6-2-7-14/h10-12H,2-9H2,1H3. The van der Waals surface area contributed by atoms with E-state index in [-0.39, 0.29) is 23.7 Å². The predicted molar refractivity (Wildman–Crippen MR) is 63.8 cm³/mol. The first-order chi connectivity index (χ1) is 8.19. The van der Waals surface area contributed by atoms with E-state index < -0.39 is 0 Å². The second-order valence-corrected chi connectivity index (χ2v) is 5.99. The summed E-state index contributed by atoms with van der Waals surface area (Å²) in [6.45, 7) is 2.82. The van der Waals surface area contributed by atoms with E-state index in [4.69, 9.17) is 9.47 Å². The van der Waals surface area contributed by atoms with Crippen molar-refractivity contribution in [2.45, 2.75) is 69.7 Å². The van der Waals surface area contributed by atoms with E-state index in [1.807, 2.05) is 0 Å². The van der Waals surface area contributed by atoms with Crippen molar-refractivity contribution in [2.24, 2.45) is 5.92 Å². The summed E-state index contributed by atoms with van der Waals surface area (Å²) < 4.78 is 11.6. The summed E-state index contributed by atoms with van der Waals surface area (Å²) in [5.41, 5.74) is 0.0722. The zero-order chi connectivity index (χ0) is 11.9. The molecule has 96 valence electrons. The Morgan fingerprint density at radius 1 is 1.24 bits per heavy atom. The molecule has 1 saturated carbocycles. The number of hydrogen-bond acceptors (Lipinski definition) is 3. The molecule has 3 aliphatic rings. The average molecular weight is 238 g/mol. The quantitative estimate of drug-likeness (QED) is 0.741. The van der Waals surface area contributed by atoms with Gasteiger partial charge < -0.3 is 9.47 Å². The van der Waals surface area contributed by atoms with Gasteiger partial charge in [-0.25, -0.2) is 0 Å². The third kappa shape index (κ3) is 2.15. The van der Waals surface area contributed by atoms with Crippen molar-refractivity contribution in [3.8, 4) is 0 Å². The summed E-state index contributed by atoms with van der Waals surface area (Å²) in [5, 5.41) is 0. The lowest BCUT2D eigenvalue weighted by Gasteiger charge is -2.47. The molecule has 0 aromatic rings. The van der Waals surface area contributed by atoms with Gasteiger partial charge in [-0.2, -0.15) is 0 Å². The largest absolute Gasteiger partial charge is 0.375 e. The number of ketones is 1. The fourth-order valence-corrected chi connectivity index (χ4v) is 3.46. The van der Waals surface area contributed by atoms with Crippen LogP contribution in [0.2, 0.25) is 0 Å². The SMILES string of the molecule is CC1CCC(C(=O)C2CCOC3(CCC3)C2)O1. The van der Waals surface area contributed by atoms with Gasteiger partial charge in [-0.3, -0.25) is 4.79 Å². The molecule has 17 heavy (non-hydrogen) atoms. The van der Waals surface area contributed by atoms with Crippen molar-refractivity contribution in [3.05, 3.63) is 0 Å². The minimum Gasteiger partial charge on any atom is -0.375 e. The lowest BCUT2D eigenvalue weighted by Crippen LogP contribution is -2.48. The third-order valence-corrected chi connectivity index (χ3v) is 4.71. The first kappa shape index (κ1) is 11.7. The van der Waals surface area contributed by atoms with Gasteiger partial charge in [0.15, 0.2) is 5.78 Å². The van der Waals surface area contributed by atoms with Crippen LogP contribution in [-0.2, 0) is 14.3 Å². The zero-order valence-electron chi connectivity index (χ0n) is 10.6. The monoisotopic (exact) mass is 238 g/mol. The van der Waals surface area contributed by atoms with E-state index >= 15 is 0 Å². The fraction of sp³-hybridized carbons (Fsp3) is 0.929. The molecule has 3 nitrogen and oxygen atoms in total. The van der Waals surface area contributed by atoms with Crippen molar-refractivity contribution in [2.75, 3.05) is 6.61 Å². The first-order valence-corrected chi connectivity index (χ1v) is 7.02. The van der Waals surface area contributed by atoms with E-state index in [2.05, 4.69) is 6.92 Å². The van der Waals surface area contributed by atoms with Gasteiger partial charge in [0, 0.05) is 12.5 Å². The highest BCUT2D eigenvalue weighted by Gasteiger charge is 2.45. The lowest BCUT2D eigenvalue weighted by atomic mass is 9.70. The Hall–Kier alpha value is -0.410. The molecular weight excluding hydrogens is 216 g/mol. The number of carbonyl (C=O) groups is 1. The Morgan fingerprint density at radius 2 is 2.06 bits per heavy atom. The van der Waals surface area contributed by atoms with Gasteiger partial charge >= 0.3 is 0 Å². The van der Waals surface area contributed by atoms with E-state index in [1.165, 1.54) is 6.42 Å². The van der Waals surface area contributed by atoms with Crippen LogP contribution in [0.25, 0.3) is 0 Å². The number of carbonyl (C=O) groups excluding carboxylic acids is 1. The second kappa shape index (κ2) is 4.36. The highest BCUT2D eigenvalue weighted by molar-refractivity contribution is 5.85. The van der Waals surface area contributed by atoms with Crippen LogP contribution in [0.3, 0.4) is 0 Å². The number of rotatable bonds is 2. The molecule has 0 N–H and O–H groups in total. The van der Waals surface area contributed by atoms with E-state index in [0.717, 1.165) is 45.1 Å². The summed E-state index contributed by atoms with van der Waals surface area (Å²) in [6.07, 6.45) is 7.51. The summed E-state index contributed by atoms with van der Waals surface area (Å²) >= 11 is 0. The van der Waals surface area contributed by atoms with Gasteiger partial charge in [0.1, 0.15) is 6.10 Å². The molecule has 2 aliphatic heterocycles. The highest BCUT2D eigenvalue weighted by Crippen LogP contribution is 2.45. The van der Waals surface area contributed by atoms with Gasteiger partial charge in [0.2, 0.25) is 0 Å². The van der Waals surface area contributed by atoms with E-state index in [9.17, 15) is 4.79 Å². The van der Waals surface area contributed by atoms with Gasteiger partial charge in [0.05, 0.1) is 11.7 Å². The molecule has 2 heterocycles. The molecule has 0 aromatic carbocycles. The molecular formula is C14H22O3. The Bertz CT molecular complexity index is 309. The summed E-state index contributed by atoms with van der Waals surface area (Å²) in [5.74, 6) is 0.545.